The maximum absolute atomic E-state index is 11.3. The zero-order valence-electron chi connectivity index (χ0n) is 18.5. The molecule has 1 aliphatic heterocycles. The van der Waals surface area contributed by atoms with Gasteiger partial charge in [0, 0.05) is 17.9 Å². The number of likely N-dealkylation sites (tertiary alicyclic amines) is 1. The second-order valence-electron chi connectivity index (χ2n) is 9.09. The Morgan fingerprint density at radius 1 is 1.19 bits per heavy atom. The van der Waals surface area contributed by atoms with E-state index in [1.807, 2.05) is 42.5 Å². The number of piperidine rings is 1. The van der Waals surface area contributed by atoms with Crippen molar-refractivity contribution in [3.63, 3.8) is 0 Å². The predicted octanol–water partition coefficient (Wildman–Crippen LogP) is 3.51. The summed E-state index contributed by atoms with van der Waals surface area (Å²) in [7, 11) is -4.78. The highest BCUT2D eigenvalue weighted by atomic mass is 31.2. The van der Waals surface area contributed by atoms with Gasteiger partial charge in [0.25, 0.3) is 7.82 Å². The summed E-state index contributed by atoms with van der Waals surface area (Å²) in [6.45, 7) is 4.06. The van der Waals surface area contributed by atoms with Gasteiger partial charge in [0.2, 0.25) is 0 Å². The Morgan fingerprint density at radius 3 is 2.69 bits per heavy atom. The van der Waals surface area contributed by atoms with E-state index in [2.05, 4.69) is 6.92 Å². The molecule has 2 aromatic carbocycles. The van der Waals surface area contributed by atoms with E-state index >= 15 is 0 Å². The van der Waals surface area contributed by atoms with E-state index in [0.29, 0.717) is 22.8 Å². The van der Waals surface area contributed by atoms with Gasteiger partial charge in [-0.2, -0.15) is 0 Å². The highest BCUT2D eigenvalue weighted by Crippen LogP contribution is 2.45. The zero-order valence-corrected chi connectivity index (χ0v) is 19.4. The van der Waals surface area contributed by atoms with E-state index in [-0.39, 0.29) is 18.5 Å². The van der Waals surface area contributed by atoms with Crippen LogP contribution in [0.4, 0.5) is 0 Å². The summed E-state index contributed by atoms with van der Waals surface area (Å²) in [5, 5.41) is 11.0. The first kappa shape index (κ1) is 23.3. The van der Waals surface area contributed by atoms with Crippen LogP contribution >= 0.6 is 7.82 Å². The lowest BCUT2D eigenvalue weighted by molar-refractivity contribution is -0.973. The van der Waals surface area contributed by atoms with Crippen molar-refractivity contribution in [1.82, 2.24) is 0 Å². The monoisotopic (exact) mass is 461 g/mol. The van der Waals surface area contributed by atoms with Crippen molar-refractivity contribution in [2.24, 2.45) is 5.92 Å². The van der Waals surface area contributed by atoms with Crippen molar-refractivity contribution in [1.29, 1.82) is 0 Å². The summed E-state index contributed by atoms with van der Waals surface area (Å²) in [5.41, 5.74) is 3.05. The van der Waals surface area contributed by atoms with Crippen LogP contribution in [0.1, 0.15) is 42.9 Å². The molecule has 7 nitrogen and oxygen atoms in total. The standard InChI is InChI=1S/C24H32NO6P/c1-2-12-25(17-31-32(27,28)29)13-6-9-20-14-21-19(15-22(20)25)10-11-23(24(21)26)30-16-18-7-4-3-5-8-18/h3-5,7-8,10-11,20,22H,2,6,9,12-17H2,1H3,(H2-,26,27,28,29)/t20-,22-,25?/m1/s1. The third kappa shape index (κ3) is 5.03. The van der Waals surface area contributed by atoms with Crippen LogP contribution in [0, 0.1) is 5.92 Å². The van der Waals surface area contributed by atoms with Crippen LogP contribution in [0.25, 0.3) is 0 Å². The lowest BCUT2D eigenvalue weighted by Crippen LogP contribution is -2.64. The maximum atomic E-state index is 11.3. The van der Waals surface area contributed by atoms with Gasteiger partial charge in [0.1, 0.15) is 6.61 Å². The molecular weight excluding hydrogens is 429 g/mol. The van der Waals surface area contributed by atoms with Crippen LogP contribution < -0.4 is 9.63 Å². The number of phenols is 1. The third-order valence-electron chi connectivity index (χ3n) is 7.05. The summed E-state index contributed by atoms with van der Waals surface area (Å²) in [6.07, 6.45) is 4.35. The summed E-state index contributed by atoms with van der Waals surface area (Å²) in [4.78, 5) is 20.5. The smallest absolute Gasteiger partial charge is 0.269 e. The number of quaternary nitrogens is 1. The molecule has 1 fully saturated rings. The molecule has 32 heavy (non-hydrogen) atoms. The van der Waals surface area contributed by atoms with Gasteiger partial charge in [-0.1, -0.05) is 43.3 Å². The van der Waals surface area contributed by atoms with Crippen LogP contribution in [0.3, 0.4) is 0 Å². The number of rotatable bonds is 8. The summed E-state index contributed by atoms with van der Waals surface area (Å²) in [6, 6.07) is 13.9. The highest BCUT2D eigenvalue weighted by Gasteiger charge is 2.47. The molecule has 1 saturated heterocycles. The molecule has 1 aliphatic carbocycles. The van der Waals surface area contributed by atoms with Gasteiger partial charge in [-0.05, 0) is 42.9 Å². The fourth-order valence-electron chi connectivity index (χ4n) is 5.62. The predicted molar refractivity (Wildman–Crippen MR) is 119 cm³/mol. The summed E-state index contributed by atoms with van der Waals surface area (Å²) in [5.74, 6) is 1.02. The van der Waals surface area contributed by atoms with E-state index in [9.17, 15) is 19.5 Å². The molecule has 0 aromatic heterocycles. The largest absolute Gasteiger partial charge is 0.756 e. The normalized spacial score (nSPS) is 26.6. The van der Waals surface area contributed by atoms with Crippen molar-refractivity contribution in [2.75, 3.05) is 19.8 Å². The molecule has 4 atom stereocenters. The molecule has 2 aromatic rings. The average molecular weight is 461 g/mol. The first-order chi connectivity index (χ1) is 15.3. The maximum Gasteiger partial charge on any atom is 0.269 e. The second-order valence-corrected chi connectivity index (χ2v) is 10.3. The van der Waals surface area contributed by atoms with Gasteiger partial charge in [-0.25, -0.2) is 0 Å². The minimum atomic E-state index is -4.78. The van der Waals surface area contributed by atoms with Crippen LogP contribution in [0.2, 0.25) is 0 Å². The first-order valence-electron chi connectivity index (χ1n) is 11.4. The van der Waals surface area contributed by atoms with E-state index in [1.165, 1.54) is 0 Å². The molecular formula is C24H32NO6P. The Balaban J connectivity index is 1.56. The van der Waals surface area contributed by atoms with Gasteiger partial charge in [0.05, 0.1) is 19.1 Å². The molecule has 2 aliphatic rings. The minimum Gasteiger partial charge on any atom is -0.756 e. The number of hydrogen-bond acceptors (Lipinski definition) is 5. The number of nitrogens with zero attached hydrogens (tertiary/aromatic N) is 1. The summed E-state index contributed by atoms with van der Waals surface area (Å²) >= 11 is 0. The third-order valence-corrected chi connectivity index (χ3v) is 7.49. The highest BCUT2D eigenvalue weighted by molar-refractivity contribution is 7.44. The molecule has 2 N–H and O–H groups in total. The van der Waals surface area contributed by atoms with Gasteiger partial charge in [-0.3, -0.25) is 13.6 Å². The number of hydrogen-bond donors (Lipinski definition) is 2. The van der Waals surface area contributed by atoms with Crippen LogP contribution in [0.5, 0.6) is 11.5 Å². The second kappa shape index (κ2) is 9.54. The molecule has 0 radical (unpaired) electrons. The van der Waals surface area contributed by atoms with Crippen LogP contribution in [0.15, 0.2) is 42.5 Å². The zero-order chi connectivity index (χ0) is 22.8. The van der Waals surface area contributed by atoms with Gasteiger partial charge < -0.3 is 19.6 Å². The average Bonchev–Trinajstić information content (AvgIpc) is 2.77. The Bertz CT molecular complexity index is 974. The Hall–Kier alpha value is -1.89. The molecule has 0 spiro atoms. The van der Waals surface area contributed by atoms with Gasteiger partial charge in [0.15, 0.2) is 18.2 Å². The Labute approximate surface area is 189 Å². The van der Waals surface area contributed by atoms with E-state index in [0.717, 1.165) is 61.9 Å². The fraction of sp³-hybridized carbons (Fsp3) is 0.500. The van der Waals surface area contributed by atoms with Crippen molar-refractivity contribution in [2.45, 2.75) is 51.7 Å². The number of benzene rings is 2. The van der Waals surface area contributed by atoms with Crippen LogP contribution in [-0.2, 0) is 28.5 Å². The minimum absolute atomic E-state index is 0.0358. The quantitative estimate of drug-likeness (QED) is 0.461. The molecule has 174 valence electrons. The molecule has 0 bridgehead atoms. The van der Waals surface area contributed by atoms with Crippen molar-refractivity contribution in [3.05, 3.63) is 59.2 Å². The van der Waals surface area contributed by atoms with Crippen molar-refractivity contribution < 1.29 is 33.2 Å². The van der Waals surface area contributed by atoms with Gasteiger partial charge in [-0.15, -0.1) is 0 Å². The first-order valence-corrected chi connectivity index (χ1v) is 12.9. The number of phosphoric ester groups is 1. The lowest BCUT2D eigenvalue weighted by Gasteiger charge is -2.52. The SMILES string of the molecule is CCC[N+]1(COP(=O)([O-])O)CCC[C@@H]2Cc3c(ccc(OCc4ccccc4)c3O)C[C@H]21. The molecule has 0 amide bonds. The lowest BCUT2D eigenvalue weighted by atomic mass is 9.73. The fourth-order valence-corrected chi connectivity index (χ4v) is 6.00. The Morgan fingerprint density at radius 2 is 1.97 bits per heavy atom. The number of aromatic hydroxyl groups is 1. The van der Waals surface area contributed by atoms with Crippen molar-refractivity contribution in [3.8, 4) is 11.5 Å². The van der Waals surface area contributed by atoms with E-state index < -0.39 is 7.82 Å². The Kier molecular flexibility index (Phi) is 6.94. The van der Waals surface area contributed by atoms with Gasteiger partial charge >= 0.3 is 0 Å². The molecule has 8 heteroatoms. The molecule has 0 saturated carbocycles. The number of phosphoric acid groups is 1. The van der Waals surface area contributed by atoms with Crippen LogP contribution in [-0.4, -0.2) is 40.3 Å². The molecule has 2 unspecified atom stereocenters. The number of phenolic OH excluding ortho intramolecular Hbond substituents is 1. The summed E-state index contributed by atoms with van der Waals surface area (Å²) < 4.78 is 22.7. The topological polar surface area (TPSA) is 99.1 Å². The number of ether oxygens (including phenoxy) is 1. The van der Waals surface area contributed by atoms with E-state index in [4.69, 9.17) is 9.26 Å². The molecule has 1 heterocycles. The molecule has 4 rings (SSSR count). The number of fused-ring (bicyclic) bond motifs is 2. The van der Waals surface area contributed by atoms with Crippen molar-refractivity contribution >= 4 is 7.82 Å². The van der Waals surface area contributed by atoms with E-state index in [1.54, 1.807) is 0 Å².